The summed E-state index contributed by atoms with van der Waals surface area (Å²) in [7, 11) is -4.46. The standard InChI is InChI=1S/C10H6F2N2O5S/c11-5-1-2-6(9(12)8(5)10(15)16)20(17,18)14-7-3-4-19-13-7/h1-4H,(H,13,14)(H,15,16). The van der Waals surface area contributed by atoms with Crippen LogP contribution < -0.4 is 4.72 Å². The Hall–Kier alpha value is -2.49. The Kier molecular flexibility index (Phi) is 3.40. The molecule has 2 aromatic rings. The molecule has 10 heteroatoms. The van der Waals surface area contributed by atoms with Gasteiger partial charge in [-0.1, -0.05) is 5.16 Å². The van der Waals surface area contributed by atoms with Crippen molar-refractivity contribution in [2.75, 3.05) is 4.72 Å². The molecule has 0 fully saturated rings. The van der Waals surface area contributed by atoms with Crippen molar-refractivity contribution in [3.05, 3.63) is 41.7 Å². The Morgan fingerprint density at radius 2 is 2.00 bits per heavy atom. The SMILES string of the molecule is O=C(O)c1c(F)ccc(S(=O)(=O)Nc2ccon2)c1F. The van der Waals surface area contributed by atoms with Crippen LogP contribution in [0.2, 0.25) is 0 Å². The number of carboxylic acid groups (broad SMARTS) is 1. The topological polar surface area (TPSA) is 110 Å². The number of hydrogen-bond acceptors (Lipinski definition) is 5. The van der Waals surface area contributed by atoms with Crippen molar-refractivity contribution in [3.8, 4) is 0 Å². The third-order valence-electron chi connectivity index (χ3n) is 2.24. The van der Waals surface area contributed by atoms with E-state index in [2.05, 4.69) is 9.68 Å². The number of benzene rings is 1. The Morgan fingerprint density at radius 3 is 2.55 bits per heavy atom. The fourth-order valence-corrected chi connectivity index (χ4v) is 2.47. The van der Waals surface area contributed by atoms with Crippen LogP contribution in [0.25, 0.3) is 0 Å². The molecule has 0 atom stereocenters. The van der Waals surface area contributed by atoms with Gasteiger partial charge in [0.1, 0.15) is 22.5 Å². The molecule has 1 aromatic heterocycles. The molecule has 0 aliphatic heterocycles. The molecule has 0 spiro atoms. The number of nitrogens with one attached hydrogen (secondary N) is 1. The third-order valence-corrected chi connectivity index (χ3v) is 3.61. The maximum Gasteiger partial charge on any atom is 0.341 e. The van der Waals surface area contributed by atoms with Gasteiger partial charge < -0.3 is 9.63 Å². The van der Waals surface area contributed by atoms with E-state index in [1.165, 1.54) is 0 Å². The second-order valence-electron chi connectivity index (χ2n) is 3.53. The van der Waals surface area contributed by atoms with Gasteiger partial charge in [0, 0.05) is 6.07 Å². The second kappa shape index (κ2) is 4.89. The van der Waals surface area contributed by atoms with Crippen LogP contribution in [-0.2, 0) is 10.0 Å². The van der Waals surface area contributed by atoms with Crippen molar-refractivity contribution in [1.82, 2.24) is 5.16 Å². The summed E-state index contributed by atoms with van der Waals surface area (Å²) in [6.45, 7) is 0. The lowest BCUT2D eigenvalue weighted by Crippen LogP contribution is -2.17. The third kappa shape index (κ3) is 2.45. The zero-order valence-electron chi connectivity index (χ0n) is 9.50. The molecule has 0 saturated heterocycles. The molecular weight excluding hydrogens is 298 g/mol. The van der Waals surface area contributed by atoms with Crippen LogP contribution in [0.15, 0.2) is 33.9 Å². The number of aromatic nitrogens is 1. The number of nitrogens with zero attached hydrogens (tertiary/aromatic N) is 1. The predicted octanol–water partition coefficient (Wildman–Crippen LogP) is 1.45. The van der Waals surface area contributed by atoms with E-state index >= 15 is 0 Å². The van der Waals surface area contributed by atoms with Crippen LogP contribution in [-0.4, -0.2) is 24.7 Å². The van der Waals surface area contributed by atoms with Gasteiger partial charge in [-0.05, 0) is 12.1 Å². The molecule has 2 N–H and O–H groups in total. The quantitative estimate of drug-likeness (QED) is 0.884. The van der Waals surface area contributed by atoms with Gasteiger partial charge in [0.2, 0.25) is 0 Å². The minimum Gasteiger partial charge on any atom is -0.477 e. The molecule has 0 amide bonds. The van der Waals surface area contributed by atoms with Gasteiger partial charge >= 0.3 is 5.97 Å². The molecule has 2 rings (SSSR count). The van der Waals surface area contributed by atoms with E-state index in [-0.39, 0.29) is 5.82 Å². The largest absolute Gasteiger partial charge is 0.477 e. The molecule has 0 radical (unpaired) electrons. The normalized spacial score (nSPS) is 11.3. The molecule has 0 saturated carbocycles. The van der Waals surface area contributed by atoms with Gasteiger partial charge in [-0.25, -0.2) is 22.0 Å². The molecule has 106 valence electrons. The van der Waals surface area contributed by atoms with Crippen LogP contribution in [0, 0.1) is 11.6 Å². The number of rotatable bonds is 4. The molecule has 20 heavy (non-hydrogen) atoms. The fraction of sp³-hybridized carbons (Fsp3) is 0. The first-order valence-electron chi connectivity index (χ1n) is 4.97. The number of halogens is 2. The van der Waals surface area contributed by atoms with E-state index in [4.69, 9.17) is 5.11 Å². The lowest BCUT2D eigenvalue weighted by molar-refractivity contribution is 0.0685. The predicted molar refractivity (Wildman–Crippen MR) is 60.6 cm³/mol. The van der Waals surface area contributed by atoms with Crippen LogP contribution in [0.1, 0.15) is 10.4 Å². The summed E-state index contributed by atoms with van der Waals surface area (Å²) in [5, 5.41) is 11.9. The highest BCUT2D eigenvalue weighted by atomic mass is 32.2. The van der Waals surface area contributed by atoms with Gasteiger partial charge in [0.05, 0.1) is 0 Å². The van der Waals surface area contributed by atoms with Crippen molar-refractivity contribution in [1.29, 1.82) is 0 Å². The van der Waals surface area contributed by atoms with Crippen molar-refractivity contribution < 1.29 is 31.6 Å². The molecule has 7 nitrogen and oxygen atoms in total. The van der Waals surface area contributed by atoms with E-state index in [1.54, 1.807) is 0 Å². The molecule has 0 aliphatic carbocycles. The lowest BCUT2D eigenvalue weighted by Gasteiger charge is -2.08. The lowest BCUT2D eigenvalue weighted by atomic mass is 10.2. The van der Waals surface area contributed by atoms with Crippen molar-refractivity contribution in [2.45, 2.75) is 4.90 Å². The number of carbonyl (C=O) groups is 1. The summed E-state index contributed by atoms with van der Waals surface area (Å²) < 4.78 is 57.0. The van der Waals surface area contributed by atoms with E-state index in [1.807, 2.05) is 4.72 Å². The first-order chi connectivity index (χ1) is 9.33. The zero-order chi connectivity index (χ0) is 14.9. The number of anilines is 1. The highest BCUT2D eigenvalue weighted by Gasteiger charge is 2.27. The van der Waals surface area contributed by atoms with Gasteiger partial charge in [0.25, 0.3) is 10.0 Å². The molecular formula is C10H6F2N2O5S. The molecule has 0 unspecified atom stereocenters. The summed E-state index contributed by atoms with van der Waals surface area (Å²) in [5.41, 5.74) is -1.35. The van der Waals surface area contributed by atoms with Crippen LogP contribution >= 0.6 is 0 Å². The molecule has 0 aliphatic rings. The molecule has 1 heterocycles. The summed E-state index contributed by atoms with van der Waals surface area (Å²) in [4.78, 5) is 9.70. The number of sulfonamides is 1. The van der Waals surface area contributed by atoms with E-state index < -0.39 is 38.1 Å². The highest BCUT2D eigenvalue weighted by molar-refractivity contribution is 7.92. The summed E-state index contributed by atoms with van der Waals surface area (Å²) >= 11 is 0. The van der Waals surface area contributed by atoms with Crippen molar-refractivity contribution >= 4 is 21.8 Å². The first kappa shape index (κ1) is 13.9. The maximum absolute atomic E-state index is 13.8. The second-order valence-corrected chi connectivity index (χ2v) is 5.18. The van der Waals surface area contributed by atoms with Gasteiger partial charge in [-0.3, -0.25) is 4.72 Å². The summed E-state index contributed by atoms with van der Waals surface area (Å²) in [6, 6.07) is 2.31. The Labute approximate surface area is 110 Å². The van der Waals surface area contributed by atoms with Crippen LogP contribution in [0.5, 0.6) is 0 Å². The smallest absolute Gasteiger partial charge is 0.341 e. The van der Waals surface area contributed by atoms with Gasteiger partial charge in [-0.15, -0.1) is 0 Å². The Bertz CT molecular complexity index is 758. The van der Waals surface area contributed by atoms with E-state index in [9.17, 15) is 22.0 Å². The minimum absolute atomic E-state index is 0.231. The summed E-state index contributed by atoms with van der Waals surface area (Å²) in [5.74, 6) is -5.23. The maximum atomic E-state index is 13.8. The van der Waals surface area contributed by atoms with Crippen LogP contribution in [0.4, 0.5) is 14.6 Å². The average molecular weight is 304 g/mol. The number of aromatic carboxylic acids is 1. The van der Waals surface area contributed by atoms with Gasteiger partial charge in [-0.2, -0.15) is 0 Å². The van der Waals surface area contributed by atoms with Gasteiger partial charge in [0.15, 0.2) is 11.6 Å². The zero-order valence-corrected chi connectivity index (χ0v) is 10.3. The summed E-state index contributed by atoms with van der Waals surface area (Å²) in [6.07, 6.45) is 1.07. The van der Waals surface area contributed by atoms with E-state index in [0.29, 0.717) is 12.1 Å². The Morgan fingerprint density at radius 1 is 1.30 bits per heavy atom. The molecule has 1 aromatic carbocycles. The van der Waals surface area contributed by atoms with Crippen molar-refractivity contribution in [2.24, 2.45) is 0 Å². The average Bonchev–Trinajstić information content (AvgIpc) is 2.79. The molecule has 0 bridgehead atoms. The highest BCUT2D eigenvalue weighted by Crippen LogP contribution is 2.22. The monoisotopic (exact) mass is 304 g/mol. The van der Waals surface area contributed by atoms with Crippen LogP contribution in [0.3, 0.4) is 0 Å². The number of carboxylic acids is 1. The first-order valence-corrected chi connectivity index (χ1v) is 6.46. The van der Waals surface area contributed by atoms with E-state index in [0.717, 1.165) is 12.3 Å². The Balaban J connectivity index is 2.53. The minimum atomic E-state index is -4.46. The fourth-order valence-electron chi connectivity index (χ4n) is 1.39. The van der Waals surface area contributed by atoms with Crippen molar-refractivity contribution in [3.63, 3.8) is 0 Å². The number of hydrogen-bond donors (Lipinski definition) is 2.